The second-order valence-corrected chi connectivity index (χ2v) is 6.91. The van der Waals surface area contributed by atoms with Gasteiger partial charge in [-0.15, -0.1) is 0 Å². The molecule has 1 fully saturated rings. The maximum atomic E-state index is 5.74. The first-order chi connectivity index (χ1) is 9.48. The molecule has 0 bridgehead atoms. The highest BCUT2D eigenvalue weighted by atomic mass is 16.5. The molecule has 1 unspecified atom stereocenters. The molecule has 112 valence electrons. The van der Waals surface area contributed by atoms with Gasteiger partial charge in [0.15, 0.2) is 0 Å². The number of benzene rings is 1. The van der Waals surface area contributed by atoms with Gasteiger partial charge in [0.2, 0.25) is 0 Å². The quantitative estimate of drug-likeness (QED) is 0.812. The van der Waals surface area contributed by atoms with Crippen LogP contribution in [-0.2, 0) is 0 Å². The molecule has 0 heterocycles. The van der Waals surface area contributed by atoms with Crippen molar-refractivity contribution in [2.45, 2.75) is 65.0 Å². The molecule has 20 heavy (non-hydrogen) atoms. The van der Waals surface area contributed by atoms with Gasteiger partial charge >= 0.3 is 0 Å². The topological polar surface area (TPSA) is 21.3 Å². The third-order valence-corrected chi connectivity index (χ3v) is 4.24. The third-order valence-electron chi connectivity index (χ3n) is 4.24. The Morgan fingerprint density at radius 3 is 2.25 bits per heavy atom. The van der Waals surface area contributed by atoms with E-state index in [1.165, 1.54) is 31.2 Å². The van der Waals surface area contributed by atoms with Crippen LogP contribution in [-0.4, -0.2) is 12.1 Å². The average molecular weight is 275 g/mol. The predicted octanol–water partition coefficient (Wildman–Crippen LogP) is 4.70. The van der Waals surface area contributed by atoms with Gasteiger partial charge in [-0.25, -0.2) is 0 Å². The van der Waals surface area contributed by atoms with Crippen LogP contribution in [0.2, 0.25) is 0 Å². The fourth-order valence-electron chi connectivity index (χ4n) is 3.02. The molecule has 1 aliphatic rings. The number of hydrogen-bond donors (Lipinski definition) is 1. The maximum Gasteiger partial charge on any atom is 0.119 e. The second-order valence-electron chi connectivity index (χ2n) is 6.91. The summed E-state index contributed by atoms with van der Waals surface area (Å²) in [5.74, 6) is 1.54. The molecular formula is C18H29NO. The van der Waals surface area contributed by atoms with Crippen LogP contribution in [0.15, 0.2) is 24.3 Å². The van der Waals surface area contributed by atoms with E-state index in [9.17, 15) is 0 Å². The molecule has 0 aliphatic heterocycles. The van der Waals surface area contributed by atoms with Crippen molar-refractivity contribution in [3.8, 4) is 5.75 Å². The monoisotopic (exact) mass is 275 g/mol. The number of nitrogens with one attached hydrogen (secondary N) is 1. The van der Waals surface area contributed by atoms with Crippen LogP contribution in [0.3, 0.4) is 0 Å². The fraction of sp³-hybridized carbons (Fsp3) is 0.667. The van der Waals surface area contributed by atoms with Crippen LogP contribution < -0.4 is 10.1 Å². The maximum absolute atomic E-state index is 5.74. The standard InChI is InChI=1S/C18H29NO/c1-14(2)13-20-17-9-7-16(8-10-17)15(3)19-18(4)11-5-6-12-18/h7-10,14-15,19H,5-6,11-13H2,1-4H3. The molecule has 0 spiro atoms. The zero-order valence-corrected chi connectivity index (χ0v) is 13.4. The number of rotatable bonds is 6. The van der Waals surface area contributed by atoms with Crippen LogP contribution >= 0.6 is 0 Å². The summed E-state index contributed by atoms with van der Waals surface area (Å²) in [4.78, 5) is 0. The lowest BCUT2D eigenvalue weighted by molar-refractivity contribution is 0.271. The average Bonchev–Trinajstić information content (AvgIpc) is 2.83. The van der Waals surface area contributed by atoms with E-state index in [2.05, 4.69) is 57.3 Å². The molecule has 0 radical (unpaired) electrons. The van der Waals surface area contributed by atoms with Gasteiger partial charge in [0.25, 0.3) is 0 Å². The van der Waals surface area contributed by atoms with E-state index >= 15 is 0 Å². The summed E-state index contributed by atoms with van der Waals surface area (Å²) in [5.41, 5.74) is 1.67. The van der Waals surface area contributed by atoms with Crippen LogP contribution in [0.5, 0.6) is 5.75 Å². The lowest BCUT2D eigenvalue weighted by Gasteiger charge is -2.30. The summed E-state index contributed by atoms with van der Waals surface area (Å²) in [5, 5.41) is 3.80. The van der Waals surface area contributed by atoms with Crippen molar-refractivity contribution in [1.29, 1.82) is 0 Å². The first-order valence-electron chi connectivity index (χ1n) is 7.99. The minimum atomic E-state index is 0.326. The highest BCUT2D eigenvalue weighted by molar-refractivity contribution is 5.29. The van der Waals surface area contributed by atoms with Crippen LogP contribution in [0.25, 0.3) is 0 Å². The predicted molar refractivity (Wildman–Crippen MR) is 85.2 cm³/mol. The van der Waals surface area contributed by atoms with E-state index in [4.69, 9.17) is 4.74 Å². The Hall–Kier alpha value is -1.02. The Balaban J connectivity index is 1.91. The SMILES string of the molecule is CC(C)COc1ccc(C(C)NC2(C)CCCC2)cc1. The lowest BCUT2D eigenvalue weighted by atomic mass is 9.97. The molecule has 2 nitrogen and oxygen atoms in total. The zero-order valence-electron chi connectivity index (χ0n) is 13.4. The Labute approximate surface area is 123 Å². The largest absolute Gasteiger partial charge is 0.493 e. The molecule has 1 aromatic carbocycles. The van der Waals surface area contributed by atoms with Crippen molar-refractivity contribution in [2.75, 3.05) is 6.61 Å². The summed E-state index contributed by atoms with van der Waals surface area (Å²) in [6.07, 6.45) is 5.32. The van der Waals surface area contributed by atoms with Crippen molar-refractivity contribution >= 4 is 0 Å². The molecule has 0 aromatic heterocycles. The molecule has 0 amide bonds. The Kier molecular flexibility index (Phi) is 5.09. The molecule has 1 N–H and O–H groups in total. The Morgan fingerprint density at radius 1 is 1.10 bits per heavy atom. The normalized spacial score (nSPS) is 19.2. The Bertz CT molecular complexity index is 404. The van der Waals surface area contributed by atoms with Crippen LogP contribution in [0.4, 0.5) is 0 Å². The van der Waals surface area contributed by atoms with Gasteiger partial charge in [-0.2, -0.15) is 0 Å². The second kappa shape index (κ2) is 6.62. The number of ether oxygens (including phenoxy) is 1. The van der Waals surface area contributed by atoms with E-state index in [0.29, 0.717) is 17.5 Å². The zero-order chi connectivity index (χ0) is 14.6. The lowest BCUT2D eigenvalue weighted by Crippen LogP contribution is -2.40. The molecule has 2 rings (SSSR count). The Morgan fingerprint density at radius 2 is 1.70 bits per heavy atom. The first kappa shape index (κ1) is 15.4. The molecule has 1 aliphatic carbocycles. The highest BCUT2D eigenvalue weighted by Crippen LogP contribution is 2.31. The van der Waals surface area contributed by atoms with Crippen molar-refractivity contribution in [2.24, 2.45) is 5.92 Å². The molecule has 1 atom stereocenters. The van der Waals surface area contributed by atoms with E-state index in [1.807, 2.05) is 0 Å². The smallest absolute Gasteiger partial charge is 0.119 e. The summed E-state index contributed by atoms with van der Waals surface area (Å²) in [6, 6.07) is 8.95. The van der Waals surface area contributed by atoms with Gasteiger partial charge in [-0.3, -0.25) is 0 Å². The van der Waals surface area contributed by atoms with Gasteiger partial charge < -0.3 is 10.1 Å². The van der Waals surface area contributed by atoms with Gasteiger partial charge in [-0.05, 0) is 50.3 Å². The number of hydrogen-bond acceptors (Lipinski definition) is 2. The molecule has 0 saturated heterocycles. The van der Waals surface area contributed by atoms with E-state index in [-0.39, 0.29) is 0 Å². The van der Waals surface area contributed by atoms with Crippen LogP contribution in [0, 0.1) is 5.92 Å². The van der Waals surface area contributed by atoms with Crippen LogP contribution in [0.1, 0.15) is 65.0 Å². The minimum Gasteiger partial charge on any atom is -0.493 e. The molecule has 1 aromatic rings. The van der Waals surface area contributed by atoms with E-state index in [1.54, 1.807) is 0 Å². The highest BCUT2D eigenvalue weighted by Gasteiger charge is 2.29. The molecule has 2 heteroatoms. The van der Waals surface area contributed by atoms with E-state index in [0.717, 1.165) is 12.4 Å². The first-order valence-corrected chi connectivity index (χ1v) is 7.99. The van der Waals surface area contributed by atoms with Crippen molar-refractivity contribution in [3.05, 3.63) is 29.8 Å². The minimum absolute atomic E-state index is 0.326. The van der Waals surface area contributed by atoms with E-state index < -0.39 is 0 Å². The van der Waals surface area contributed by atoms with Gasteiger partial charge in [0.05, 0.1) is 6.61 Å². The molecule has 1 saturated carbocycles. The third kappa shape index (κ3) is 4.24. The van der Waals surface area contributed by atoms with Gasteiger partial charge in [-0.1, -0.05) is 38.8 Å². The van der Waals surface area contributed by atoms with Crippen molar-refractivity contribution < 1.29 is 4.74 Å². The molecular weight excluding hydrogens is 246 g/mol. The summed E-state index contributed by atoms with van der Waals surface area (Å²) in [7, 11) is 0. The van der Waals surface area contributed by atoms with Crippen molar-refractivity contribution in [1.82, 2.24) is 5.32 Å². The van der Waals surface area contributed by atoms with Gasteiger partial charge in [0, 0.05) is 11.6 Å². The fourth-order valence-corrected chi connectivity index (χ4v) is 3.02. The van der Waals surface area contributed by atoms with Crippen molar-refractivity contribution in [3.63, 3.8) is 0 Å². The summed E-state index contributed by atoms with van der Waals surface area (Å²) in [6.45, 7) is 9.74. The van der Waals surface area contributed by atoms with Gasteiger partial charge in [0.1, 0.15) is 5.75 Å². The summed E-state index contributed by atoms with van der Waals surface area (Å²) >= 11 is 0. The summed E-state index contributed by atoms with van der Waals surface area (Å²) < 4.78 is 5.74.